The van der Waals surface area contributed by atoms with Gasteiger partial charge in [0.05, 0.1) is 0 Å². The summed E-state index contributed by atoms with van der Waals surface area (Å²) in [7, 11) is 0. The molecule has 0 fully saturated rings. The summed E-state index contributed by atoms with van der Waals surface area (Å²) < 4.78 is 0. The Hall–Kier alpha value is -1.18. The highest BCUT2D eigenvalue weighted by molar-refractivity contribution is 5.62. The maximum Gasteiger partial charge on any atom is 0.0370 e. The van der Waals surface area contributed by atoms with E-state index in [1.807, 2.05) is 6.07 Å². The Morgan fingerprint density at radius 2 is 1.60 bits per heavy atom. The first-order valence-corrected chi connectivity index (χ1v) is 5.59. The van der Waals surface area contributed by atoms with E-state index in [1.165, 1.54) is 11.1 Å². The molecule has 1 rings (SSSR count). The standard InChI is InChI=1S/C13H22N2/c1-8(2)5-10-6-11(9(3)4)13(15)7-12(10)14/h6-9H,5,14-15H2,1-4H3. The molecule has 0 saturated heterocycles. The summed E-state index contributed by atoms with van der Waals surface area (Å²) in [5, 5.41) is 0. The van der Waals surface area contributed by atoms with Gasteiger partial charge in [-0.1, -0.05) is 33.8 Å². The zero-order valence-corrected chi connectivity index (χ0v) is 10.2. The Kier molecular flexibility index (Phi) is 3.61. The van der Waals surface area contributed by atoms with Gasteiger partial charge in [-0.25, -0.2) is 0 Å². The van der Waals surface area contributed by atoms with Crippen LogP contribution in [0.15, 0.2) is 12.1 Å². The van der Waals surface area contributed by atoms with Gasteiger partial charge in [0.25, 0.3) is 0 Å². The van der Waals surface area contributed by atoms with E-state index in [0.29, 0.717) is 11.8 Å². The Balaban J connectivity index is 3.11. The van der Waals surface area contributed by atoms with Gasteiger partial charge in [0.15, 0.2) is 0 Å². The zero-order valence-electron chi connectivity index (χ0n) is 10.2. The molecule has 0 aliphatic rings. The van der Waals surface area contributed by atoms with Crippen LogP contribution in [0, 0.1) is 5.92 Å². The topological polar surface area (TPSA) is 52.0 Å². The monoisotopic (exact) mass is 206 g/mol. The van der Waals surface area contributed by atoms with E-state index in [0.717, 1.165) is 17.8 Å². The summed E-state index contributed by atoms with van der Waals surface area (Å²) in [6.45, 7) is 8.71. The minimum atomic E-state index is 0.455. The van der Waals surface area contributed by atoms with Gasteiger partial charge < -0.3 is 11.5 Å². The fourth-order valence-electron chi connectivity index (χ4n) is 1.81. The maximum absolute atomic E-state index is 5.96. The number of rotatable bonds is 3. The van der Waals surface area contributed by atoms with Crippen LogP contribution in [0.2, 0.25) is 0 Å². The number of hydrogen-bond donors (Lipinski definition) is 2. The average Bonchev–Trinajstić information content (AvgIpc) is 2.08. The largest absolute Gasteiger partial charge is 0.398 e. The number of anilines is 2. The van der Waals surface area contributed by atoms with Crippen molar-refractivity contribution in [1.29, 1.82) is 0 Å². The molecule has 0 aliphatic heterocycles. The lowest BCUT2D eigenvalue weighted by Crippen LogP contribution is -2.04. The predicted octanol–water partition coefficient (Wildman–Crippen LogP) is 3.17. The van der Waals surface area contributed by atoms with Crippen molar-refractivity contribution >= 4 is 11.4 Å². The lowest BCUT2D eigenvalue weighted by atomic mass is 9.94. The summed E-state index contributed by atoms with van der Waals surface area (Å²) in [5.74, 6) is 1.08. The summed E-state index contributed by atoms with van der Waals surface area (Å²) in [4.78, 5) is 0. The third-order valence-electron chi connectivity index (χ3n) is 2.60. The second kappa shape index (κ2) is 4.56. The molecule has 0 aromatic heterocycles. The van der Waals surface area contributed by atoms with Crippen LogP contribution in [0.25, 0.3) is 0 Å². The molecule has 2 nitrogen and oxygen atoms in total. The Bertz CT molecular complexity index is 341. The van der Waals surface area contributed by atoms with E-state index >= 15 is 0 Å². The van der Waals surface area contributed by atoms with Crippen molar-refractivity contribution in [2.75, 3.05) is 11.5 Å². The predicted molar refractivity (Wildman–Crippen MR) is 67.9 cm³/mol. The van der Waals surface area contributed by atoms with Crippen LogP contribution in [-0.4, -0.2) is 0 Å². The van der Waals surface area contributed by atoms with E-state index in [4.69, 9.17) is 11.5 Å². The van der Waals surface area contributed by atoms with Crippen molar-refractivity contribution in [2.24, 2.45) is 5.92 Å². The van der Waals surface area contributed by atoms with Gasteiger partial charge in [-0.05, 0) is 35.4 Å². The molecule has 0 heterocycles. The van der Waals surface area contributed by atoms with Gasteiger partial charge in [0.2, 0.25) is 0 Å². The molecule has 0 saturated carbocycles. The number of nitrogen functional groups attached to an aromatic ring is 2. The molecule has 0 bridgehead atoms. The van der Waals surface area contributed by atoms with Crippen molar-refractivity contribution < 1.29 is 0 Å². The van der Waals surface area contributed by atoms with Crippen LogP contribution in [0.4, 0.5) is 11.4 Å². The van der Waals surface area contributed by atoms with Crippen molar-refractivity contribution in [3.8, 4) is 0 Å². The second-order valence-electron chi connectivity index (χ2n) is 4.93. The quantitative estimate of drug-likeness (QED) is 0.746. The van der Waals surface area contributed by atoms with E-state index in [2.05, 4.69) is 33.8 Å². The molecule has 0 radical (unpaired) electrons. The molecule has 0 aliphatic carbocycles. The summed E-state index contributed by atoms with van der Waals surface area (Å²) in [5.41, 5.74) is 16.0. The minimum absolute atomic E-state index is 0.455. The van der Waals surface area contributed by atoms with Crippen LogP contribution in [0.5, 0.6) is 0 Å². The fourth-order valence-corrected chi connectivity index (χ4v) is 1.81. The number of benzene rings is 1. The second-order valence-corrected chi connectivity index (χ2v) is 4.93. The molecule has 0 unspecified atom stereocenters. The van der Waals surface area contributed by atoms with Gasteiger partial charge in [0.1, 0.15) is 0 Å². The fraction of sp³-hybridized carbons (Fsp3) is 0.538. The van der Waals surface area contributed by atoms with E-state index < -0.39 is 0 Å². The first kappa shape index (κ1) is 11.9. The van der Waals surface area contributed by atoms with Crippen LogP contribution in [-0.2, 0) is 6.42 Å². The molecular weight excluding hydrogens is 184 g/mol. The van der Waals surface area contributed by atoms with Gasteiger partial charge in [-0.3, -0.25) is 0 Å². The van der Waals surface area contributed by atoms with Gasteiger partial charge in [-0.2, -0.15) is 0 Å². The van der Waals surface area contributed by atoms with E-state index in [-0.39, 0.29) is 0 Å². The van der Waals surface area contributed by atoms with Crippen molar-refractivity contribution in [3.05, 3.63) is 23.3 Å². The summed E-state index contributed by atoms with van der Waals surface area (Å²) >= 11 is 0. The number of nitrogens with two attached hydrogens (primary N) is 2. The highest BCUT2D eigenvalue weighted by atomic mass is 14.6. The Morgan fingerprint density at radius 1 is 1.00 bits per heavy atom. The molecule has 1 aromatic carbocycles. The highest BCUT2D eigenvalue weighted by Gasteiger charge is 2.09. The summed E-state index contributed by atoms with van der Waals surface area (Å²) in [6, 6.07) is 4.06. The Morgan fingerprint density at radius 3 is 2.07 bits per heavy atom. The molecule has 15 heavy (non-hydrogen) atoms. The first-order chi connectivity index (χ1) is 6.91. The van der Waals surface area contributed by atoms with Gasteiger partial charge >= 0.3 is 0 Å². The molecular formula is C13H22N2. The molecule has 84 valence electrons. The van der Waals surface area contributed by atoms with Crippen LogP contribution in [0.3, 0.4) is 0 Å². The minimum Gasteiger partial charge on any atom is -0.398 e. The lowest BCUT2D eigenvalue weighted by Gasteiger charge is -2.15. The van der Waals surface area contributed by atoms with Gasteiger partial charge in [-0.15, -0.1) is 0 Å². The van der Waals surface area contributed by atoms with Gasteiger partial charge in [0, 0.05) is 11.4 Å². The first-order valence-electron chi connectivity index (χ1n) is 5.59. The van der Waals surface area contributed by atoms with Crippen LogP contribution < -0.4 is 11.5 Å². The third-order valence-corrected chi connectivity index (χ3v) is 2.60. The van der Waals surface area contributed by atoms with Crippen LogP contribution in [0.1, 0.15) is 44.7 Å². The number of hydrogen-bond acceptors (Lipinski definition) is 2. The summed E-state index contributed by atoms with van der Waals surface area (Å²) in [6.07, 6.45) is 1.02. The molecule has 0 spiro atoms. The van der Waals surface area contributed by atoms with Crippen LogP contribution >= 0.6 is 0 Å². The SMILES string of the molecule is CC(C)Cc1cc(C(C)C)c(N)cc1N. The maximum atomic E-state index is 5.96. The van der Waals surface area contributed by atoms with E-state index in [1.54, 1.807) is 0 Å². The normalized spacial score (nSPS) is 11.3. The molecule has 0 atom stereocenters. The molecule has 2 heteroatoms. The van der Waals surface area contributed by atoms with Crippen molar-refractivity contribution in [2.45, 2.75) is 40.0 Å². The lowest BCUT2D eigenvalue weighted by molar-refractivity contribution is 0.647. The average molecular weight is 206 g/mol. The molecule has 0 amide bonds. The zero-order chi connectivity index (χ0) is 11.6. The van der Waals surface area contributed by atoms with E-state index in [9.17, 15) is 0 Å². The molecule has 4 N–H and O–H groups in total. The highest BCUT2D eigenvalue weighted by Crippen LogP contribution is 2.28. The third kappa shape index (κ3) is 2.88. The van der Waals surface area contributed by atoms with Crippen molar-refractivity contribution in [1.82, 2.24) is 0 Å². The van der Waals surface area contributed by atoms with Crippen molar-refractivity contribution in [3.63, 3.8) is 0 Å². The Labute approximate surface area is 92.7 Å². The smallest absolute Gasteiger partial charge is 0.0370 e. The molecule has 1 aromatic rings.